The van der Waals surface area contributed by atoms with Crippen molar-refractivity contribution >= 4 is 51.5 Å². The van der Waals surface area contributed by atoms with Gasteiger partial charge in [-0.1, -0.05) is 0 Å². The molecule has 2 aromatic rings. The van der Waals surface area contributed by atoms with Gasteiger partial charge in [-0.25, -0.2) is 19.4 Å². The quantitative estimate of drug-likeness (QED) is 0.476. The van der Waals surface area contributed by atoms with Crippen molar-refractivity contribution in [3.8, 4) is 0 Å². The van der Waals surface area contributed by atoms with Crippen LogP contribution in [0.2, 0.25) is 0 Å². The van der Waals surface area contributed by atoms with Crippen molar-refractivity contribution in [3.05, 3.63) is 31.6 Å². The number of aryl methyl sites for hydroxylation is 2. The van der Waals surface area contributed by atoms with Gasteiger partial charge in [-0.2, -0.15) is 0 Å². The summed E-state index contributed by atoms with van der Waals surface area (Å²) in [5.41, 5.74) is 0.943. The summed E-state index contributed by atoms with van der Waals surface area (Å²) in [6.07, 6.45) is 0. The Morgan fingerprint density at radius 1 is 0.867 bits per heavy atom. The van der Waals surface area contributed by atoms with E-state index in [9.17, 15) is 19.2 Å². The number of esters is 3. The number of amides is 1. The third kappa shape index (κ3) is 5.42. The van der Waals surface area contributed by atoms with Crippen LogP contribution in [0.1, 0.15) is 59.8 Å². The maximum atomic E-state index is 12.3. The molecule has 1 amide bonds. The average molecular weight is 455 g/mol. The number of thiazole rings is 1. The fourth-order valence-corrected chi connectivity index (χ4v) is 4.44. The molecule has 162 valence electrons. The van der Waals surface area contributed by atoms with E-state index in [0.29, 0.717) is 21.1 Å². The van der Waals surface area contributed by atoms with Crippen molar-refractivity contribution < 1.29 is 33.4 Å². The smallest absolute Gasteiger partial charge is 0.350 e. The molecule has 30 heavy (non-hydrogen) atoms. The summed E-state index contributed by atoms with van der Waals surface area (Å²) in [6.45, 7) is 8.04. The zero-order valence-corrected chi connectivity index (χ0v) is 18.9. The second kappa shape index (κ2) is 10.3. The minimum absolute atomic E-state index is 0.0681. The number of carbonyl (C=O) groups is 4. The Kier molecular flexibility index (Phi) is 8.07. The van der Waals surface area contributed by atoms with Crippen molar-refractivity contribution in [2.45, 2.75) is 34.6 Å². The topological polar surface area (TPSA) is 121 Å². The number of hydrogen-bond acceptors (Lipinski definition) is 10. The average Bonchev–Trinajstić information content (AvgIpc) is 3.18. The lowest BCUT2D eigenvalue weighted by molar-refractivity contribution is -0.119. The largest absolute Gasteiger partial charge is 0.462 e. The van der Waals surface area contributed by atoms with Gasteiger partial charge in [-0.3, -0.25) is 4.79 Å². The molecular formula is C19H22N2O7S2. The third-order valence-corrected chi connectivity index (χ3v) is 6.00. The molecule has 0 aliphatic rings. The molecule has 2 heterocycles. The van der Waals surface area contributed by atoms with Crippen LogP contribution in [0.25, 0.3) is 0 Å². The van der Waals surface area contributed by atoms with Gasteiger partial charge in [-0.05, 0) is 40.2 Å². The van der Waals surface area contributed by atoms with Crippen LogP contribution >= 0.6 is 22.7 Å². The summed E-state index contributed by atoms with van der Waals surface area (Å²) in [5.74, 6) is -2.60. The lowest BCUT2D eigenvalue weighted by atomic mass is 10.1. The lowest BCUT2D eigenvalue weighted by Gasteiger charge is -2.07. The maximum Gasteiger partial charge on any atom is 0.350 e. The highest BCUT2D eigenvalue weighted by Crippen LogP contribution is 2.34. The van der Waals surface area contributed by atoms with Gasteiger partial charge in [0.15, 0.2) is 6.61 Å². The molecule has 0 aliphatic carbocycles. The molecule has 2 rings (SSSR count). The zero-order chi connectivity index (χ0) is 22.4. The number of ether oxygens (including phenoxy) is 3. The first-order valence-corrected chi connectivity index (χ1v) is 10.7. The van der Waals surface area contributed by atoms with Gasteiger partial charge in [-0.15, -0.1) is 22.7 Å². The molecule has 0 spiro atoms. The van der Waals surface area contributed by atoms with E-state index in [-0.39, 0.29) is 28.7 Å². The monoisotopic (exact) mass is 454 g/mol. The molecule has 9 nitrogen and oxygen atoms in total. The molecule has 0 saturated carbocycles. The lowest BCUT2D eigenvalue weighted by Crippen LogP contribution is -2.21. The van der Waals surface area contributed by atoms with E-state index in [4.69, 9.17) is 14.2 Å². The van der Waals surface area contributed by atoms with Crippen LogP contribution < -0.4 is 5.32 Å². The second-order valence-electron chi connectivity index (χ2n) is 5.97. The number of nitrogens with one attached hydrogen (secondary N) is 1. The van der Waals surface area contributed by atoms with Crippen LogP contribution in [0.5, 0.6) is 0 Å². The van der Waals surface area contributed by atoms with E-state index in [1.54, 1.807) is 34.6 Å². The Morgan fingerprint density at radius 3 is 2.03 bits per heavy atom. The second-order valence-corrected chi connectivity index (χ2v) is 8.20. The van der Waals surface area contributed by atoms with Gasteiger partial charge < -0.3 is 19.5 Å². The highest BCUT2D eigenvalue weighted by Gasteiger charge is 2.27. The Balaban J connectivity index is 2.17. The molecule has 0 saturated heterocycles. The summed E-state index contributed by atoms with van der Waals surface area (Å²) < 4.78 is 15.1. The Bertz CT molecular complexity index is 978. The zero-order valence-electron chi connectivity index (χ0n) is 17.2. The van der Waals surface area contributed by atoms with Crippen LogP contribution in [0.3, 0.4) is 0 Å². The first-order chi connectivity index (χ1) is 14.2. The number of carbonyl (C=O) groups excluding carboxylic acids is 4. The first kappa shape index (κ1) is 23.5. The standard InChI is InChI=1S/C19H22N2O7S2/c1-6-26-17(23)13-9(3)14(18(24)27-7-2)30-16(13)21-12(22)8-28-19(25)15-10(4)20-11(5)29-15/h6-8H2,1-5H3,(H,21,22). The fourth-order valence-electron chi connectivity index (χ4n) is 2.52. The first-order valence-electron chi connectivity index (χ1n) is 9.08. The highest BCUT2D eigenvalue weighted by atomic mass is 32.1. The van der Waals surface area contributed by atoms with Gasteiger partial charge in [0.2, 0.25) is 0 Å². The number of rotatable bonds is 8. The minimum Gasteiger partial charge on any atom is -0.462 e. The number of anilines is 1. The number of nitrogens with zero attached hydrogens (tertiary/aromatic N) is 1. The predicted octanol–water partition coefficient (Wildman–Crippen LogP) is 3.28. The third-order valence-electron chi connectivity index (χ3n) is 3.76. The highest BCUT2D eigenvalue weighted by molar-refractivity contribution is 7.18. The van der Waals surface area contributed by atoms with Gasteiger partial charge in [0.1, 0.15) is 14.8 Å². The molecule has 0 radical (unpaired) electrons. The summed E-state index contributed by atoms with van der Waals surface area (Å²) in [6, 6.07) is 0. The molecule has 0 unspecified atom stereocenters. The Labute approximate surface area is 181 Å². The van der Waals surface area contributed by atoms with Crippen LogP contribution in [0.15, 0.2) is 0 Å². The normalized spacial score (nSPS) is 10.4. The predicted molar refractivity (Wildman–Crippen MR) is 111 cm³/mol. The van der Waals surface area contributed by atoms with Gasteiger partial charge in [0.05, 0.1) is 29.5 Å². The van der Waals surface area contributed by atoms with Crippen molar-refractivity contribution in [2.24, 2.45) is 0 Å². The number of hydrogen-bond donors (Lipinski definition) is 1. The Hall–Kier alpha value is -2.79. The number of thiophene rings is 1. The molecule has 0 bridgehead atoms. The molecule has 1 N–H and O–H groups in total. The maximum absolute atomic E-state index is 12.3. The SMILES string of the molecule is CCOC(=O)c1sc(NC(=O)COC(=O)c2sc(C)nc2C)c(C(=O)OCC)c1C. The summed E-state index contributed by atoms with van der Waals surface area (Å²) in [7, 11) is 0. The van der Waals surface area contributed by atoms with E-state index in [1.807, 2.05) is 0 Å². The molecule has 0 atom stereocenters. The van der Waals surface area contributed by atoms with E-state index in [2.05, 4.69) is 10.3 Å². The van der Waals surface area contributed by atoms with Crippen LogP contribution in [-0.4, -0.2) is 48.6 Å². The van der Waals surface area contributed by atoms with Gasteiger partial charge in [0.25, 0.3) is 5.91 Å². The summed E-state index contributed by atoms with van der Waals surface area (Å²) >= 11 is 2.07. The summed E-state index contributed by atoms with van der Waals surface area (Å²) in [5, 5.41) is 3.35. The van der Waals surface area contributed by atoms with Crippen LogP contribution in [0, 0.1) is 20.8 Å². The van der Waals surface area contributed by atoms with E-state index in [0.717, 1.165) is 11.3 Å². The molecule has 0 aromatic carbocycles. The van der Waals surface area contributed by atoms with Gasteiger partial charge in [0, 0.05) is 0 Å². The van der Waals surface area contributed by atoms with E-state index in [1.165, 1.54) is 11.3 Å². The van der Waals surface area contributed by atoms with Crippen LogP contribution in [0.4, 0.5) is 5.00 Å². The molecule has 0 aliphatic heterocycles. The number of aromatic nitrogens is 1. The van der Waals surface area contributed by atoms with Gasteiger partial charge >= 0.3 is 17.9 Å². The molecule has 0 fully saturated rings. The van der Waals surface area contributed by atoms with E-state index < -0.39 is 30.4 Å². The van der Waals surface area contributed by atoms with Crippen molar-refractivity contribution in [1.82, 2.24) is 4.98 Å². The Morgan fingerprint density at radius 2 is 1.47 bits per heavy atom. The van der Waals surface area contributed by atoms with Crippen molar-refractivity contribution in [1.29, 1.82) is 0 Å². The molecular weight excluding hydrogens is 432 g/mol. The van der Waals surface area contributed by atoms with Crippen molar-refractivity contribution in [3.63, 3.8) is 0 Å². The van der Waals surface area contributed by atoms with E-state index >= 15 is 0 Å². The van der Waals surface area contributed by atoms with Crippen LogP contribution in [-0.2, 0) is 19.0 Å². The van der Waals surface area contributed by atoms with Crippen molar-refractivity contribution in [2.75, 3.05) is 25.1 Å². The fraction of sp³-hybridized carbons (Fsp3) is 0.421. The molecule has 11 heteroatoms. The molecule has 2 aromatic heterocycles. The minimum atomic E-state index is -0.676. The summed E-state index contributed by atoms with van der Waals surface area (Å²) in [4.78, 5) is 53.6.